The SMILES string of the molecule is CCC(C)(C)NC(CSSCC(NC1CCC1C(C)(C)CC)C(=O)O)C(=O)O. The van der Waals surface area contributed by atoms with Crippen LogP contribution in [0.25, 0.3) is 0 Å². The quantitative estimate of drug-likeness (QED) is 0.242. The van der Waals surface area contributed by atoms with Gasteiger partial charge in [0.15, 0.2) is 0 Å². The molecular weight excluding hydrogens is 396 g/mol. The van der Waals surface area contributed by atoms with Gasteiger partial charge in [-0.15, -0.1) is 0 Å². The van der Waals surface area contributed by atoms with Gasteiger partial charge in [-0.05, 0) is 44.4 Å². The molecule has 4 unspecified atom stereocenters. The molecule has 1 fully saturated rings. The van der Waals surface area contributed by atoms with Crippen molar-refractivity contribution < 1.29 is 19.8 Å². The molecule has 8 heteroatoms. The highest BCUT2D eigenvalue weighted by Gasteiger charge is 2.42. The van der Waals surface area contributed by atoms with Crippen molar-refractivity contribution in [2.45, 2.75) is 90.9 Å². The van der Waals surface area contributed by atoms with Gasteiger partial charge in [0.2, 0.25) is 0 Å². The van der Waals surface area contributed by atoms with Crippen LogP contribution in [-0.2, 0) is 9.59 Å². The lowest BCUT2D eigenvalue weighted by Gasteiger charge is -2.48. The highest BCUT2D eigenvalue weighted by molar-refractivity contribution is 8.76. The van der Waals surface area contributed by atoms with Crippen LogP contribution in [0.2, 0.25) is 0 Å². The van der Waals surface area contributed by atoms with Crippen molar-refractivity contribution in [2.75, 3.05) is 11.5 Å². The molecule has 0 aromatic rings. The van der Waals surface area contributed by atoms with Gasteiger partial charge in [0, 0.05) is 23.1 Å². The maximum Gasteiger partial charge on any atom is 0.321 e. The largest absolute Gasteiger partial charge is 0.480 e. The normalized spacial score (nSPS) is 22.4. The van der Waals surface area contributed by atoms with Gasteiger partial charge < -0.3 is 15.5 Å². The molecule has 6 nitrogen and oxygen atoms in total. The van der Waals surface area contributed by atoms with E-state index in [-0.39, 0.29) is 17.0 Å². The van der Waals surface area contributed by atoms with Crippen molar-refractivity contribution in [1.82, 2.24) is 10.6 Å². The maximum absolute atomic E-state index is 11.7. The van der Waals surface area contributed by atoms with Gasteiger partial charge in [-0.2, -0.15) is 0 Å². The van der Waals surface area contributed by atoms with Gasteiger partial charge in [0.05, 0.1) is 0 Å². The lowest BCUT2D eigenvalue weighted by molar-refractivity contribution is -0.140. The summed E-state index contributed by atoms with van der Waals surface area (Å²) in [6.07, 6.45) is 4.07. The summed E-state index contributed by atoms with van der Waals surface area (Å²) >= 11 is 0. The first-order valence-electron chi connectivity index (χ1n) is 10.2. The standard InChI is InChI=1S/C20H38N2O4S2/c1-7-19(3,4)13-9-10-14(13)21-15(17(23)24)11-27-28-12-16(18(25)26)22-20(5,6)8-2/h13-16,21-22H,7-12H2,1-6H3,(H,23,24)(H,25,26). The molecule has 0 saturated heterocycles. The lowest BCUT2D eigenvalue weighted by Crippen LogP contribution is -2.55. The van der Waals surface area contributed by atoms with Crippen LogP contribution in [0.1, 0.15) is 67.2 Å². The molecule has 0 aliphatic heterocycles. The molecule has 0 heterocycles. The Kier molecular flexibility index (Phi) is 10.1. The van der Waals surface area contributed by atoms with Crippen LogP contribution in [0.5, 0.6) is 0 Å². The second-order valence-corrected chi connectivity index (χ2v) is 11.6. The van der Waals surface area contributed by atoms with Crippen LogP contribution < -0.4 is 10.6 Å². The molecule has 4 N–H and O–H groups in total. The van der Waals surface area contributed by atoms with Gasteiger partial charge in [0.1, 0.15) is 12.1 Å². The predicted molar refractivity (Wildman–Crippen MR) is 119 cm³/mol. The van der Waals surface area contributed by atoms with E-state index in [0.29, 0.717) is 17.4 Å². The third-order valence-corrected chi connectivity index (χ3v) is 8.62. The molecule has 28 heavy (non-hydrogen) atoms. The summed E-state index contributed by atoms with van der Waals surface area (Å²) in [5.74, 6) is -0.396. The summed E-state index contributed by atoms with van der Waals surface area (Å²) in [5, 5.41) is 25.5. The fourth-order valence-electron chi connectivity index (χ4n) is 3.33. The van der Waals surface area contributed by atoms with Crippen LogP contribution in [-0.4, -0.2) is 57.3 Å². The zero-order valence-electron chi connectivity index (χ0n) is 18.1. The first kappa shape index (κ1) is 25.6. The monoisotopic (exact) mass is 434 g/mol. The van der Waals surface area contributed by atoms with Crippen molar-refractivity contribution in [3.05, 3.63) is 0 Å². The summed E-state index contributed by atoms with van der Waals surface area (Å²) in [4.78, 5) is 23.2. The third-order valence-electron chi connectivity index (χ3n) is 6.20. The van der Waals surface area contributed by atoms with Gasteiger partial charge >= 0.3 is 11.9 Å². The van der Waals surface area contributed by atoms with Crippen LogP contribution in [0.3, 0.4) is 0 Å². The average Bonchev–Trinajstić information content (AvgIpc) is 2.57. The van der Waals surface area contributed by atoms with Crippen molar-refractivity contribution in [2.24, 2.45) is 11.3 Å². The highest BCUT2D eigenvalue weighted by atomic mass is 33.1. The van der Waals surface area contributed by atoms with Crippen LogP contribution in [0.4, 0.5) is 0 Å². The van der Waals surface area contributed by atoms with Crippen molar-refractivity contribution in [3.63, 3.8) is 0 Å². The molecule has 164 valence electrons. The van der Waals surface area contributed by atoms with Gasteiger partial charge in [0.25, 0.3) is 0 Å². The van der Waals surface area contributed by atoms with E-state index in [1.807, 2.05) is 20.8 Å². The molecule has 4 atom stereocenters. The molecule has 1 aliphatic rings. The Morgan fingerprint density at radius 1 is 0.964 bits per heavy atom. The molecule has 0 aromatic heterocycles. The molecule has 0 radical (unpaired) electrons. The molecule has 0 amide bonds. The van der Waals surface area contributed by atoms with Crippen molar-refractivity contribution in [3.8, 4) is 0 Å². The first-order chi connectivity index (χ1) is 12.9. The number of nitrogens with one attached hydrogen (secondary N) is 2. The second kappa shape index (κ2) is 11.1. The summed E-state index contributed by atoms with van der Waals surface area (Å²) < 4.78 is 0. The second-order valence-electron chi connectivity index (χ2n) is 9.03. The Morgan fingerprint density at radius 3 is 1.89 bits per heavy atom. The van der Waals surface area contributed by atoms with Gasteiger partial charge in [-0.25, -0.2) is 0 Å². The summed E-state index contributed by atoms with van der Waals surface area (Å²) in [7, 11) is 2.85. The summed E-state index contributed by atoms with van der Waals surface area (Å²) in [6, 6.07) is -1.01. The van der Waals surface area contributed by atoms with Gasteiger partial charge in [-0.1, -0.05) is 55.7 Å². The number of rotatable bonds is 14. The Labute approximate surface area is 177 Å². The smallest absolute Gasteiger partial charge is 0.321 e. The number of hydrogen-bond donors (Lipinski definition) is 4. The lowest BCUT2D eigenvalue weighted by atomic mass is 9.63. The minimum absolute atomic E-state index is 0.216. The molecule has 0 aromatic carbocycles. The fourth-order valence-corrected chi connectivity index (χ4v) is 5.65. The zero-order valence-corrected chi connectivity index (χ0v) is 19.7. The number of aliphatic carboxylic acids is 2. The van der Waals surface area contributed by atoms with Crippen molar-refractivity contribution >= 4 is 33.5 Å². The molecule has 1 aliphatic carbocycles. The number of hydrogen-bond acceptors (Lipinski definition) is 6. The van der Waals surface area contributed by atoms with E-state index in [0.717, 1.165) is 25.7 Å². The van der Waals surface area contributed by atoms with Crippen molar-refractivity contribution in [1.29, 1.82) is 0 Å². The van der Waals surface area contributed by atoms with Crippen LogP contribution >= 0.6 is 21.6 Å². The first-order valence-corrected chi connectivity index (χ1v) is 12.7. The van der Waals surface area contributed by atoms with E-state index in [4.69, 9.17) is 0 Å². The van der Waals surface area contributed by atoms with E-state index in [1.54, 1.807) is 0 Å². The number of carboxylic acid groups (broad SMARTS) is 2. The Morgan fingerprint density at radius 2 is 1.50 bits per heavy atom. The van der Waals surface area contributed by atoms with Gasteiger partial charge in [-0.3, -0.25) is 14.9 Å². The summed E-state index contributed by atoms with van der Waals surface area (Å²) in [5.41, 5.74) is -0.0297. The van der Waals surface area contributed by atoms with E-state index in [1.165, 1.54) is 21.6 Å². The average molecular weight is 435 g/mol. The Hall–Kier alpha value is -0.440. The number of carbonyl (C=O) groups is 2. The molecular formula is C20H38N2O4S2. The topological polar surface area (TPSA) is 98.7 Å². The van der Waals surface area contributed by atoms with E-state index >= 15 is 0 Å². The Bertz CT molecular complexity index is 528. The minimum Gasteiger partial charge on any atom is -0.480 e. The highest BCUT2D eigenvalue weighted by Crippen LogP contribution is 2.44. The molecule has 1 saturated carbocycles. The fraction of sp³-hybridized carbons (Fsp3) is 0.900. The zero-order chi connectivity index (χ0) is 21.5. The Balaban J connectivity index is 2.49. The van der Waals surface area contributed by atoms with E-state index in [9.17, 15) is 19.8 Å². The predicted octanol–water partition coefficient (Wildman–Crippen LogP) is 3.86. The van der Waals surface area contributed by atoms with E-state index < -0.39 is 24.0 Å². The van der Waals surface area contributed by atoms with Crippen LogP contribution in [0.15, 0.2) is 0 Å². The van der Waals surface area contributed by atoms with Crippen LogP contribution in [0, 0.1) is 11.3 Å². The molecule has 0 bridgehead atoms. The molecule has 1 rings (SSSR count). The van der Waals surface area contributed by atoms with E-state index in [2.05, 4.69) is 31.4 Å². The maximum atomic E-state index is 11.7. The molecule has 0 spiro atoms. The number of carboxylic acids is 2. The third kappa shape index (κ3) is 7.76. The summed E-state index contributed by atoms with van der Waals surface area (Å²) in [6.45, 7) is 12.7. The minimum atomic E-state index is -0.873.